The van der Waals surface area contributed by atoms with Gasteiger partial charge in [-0.05, 0) is 61.4 Å². The minimum atomic E-state index is -0.806. The SMILES string of the molecule is CCOc1ccc(C(=O)N[C@H](C(=O)Oc2ccc(C#N)cc2)C(C)C)cc1. The molecule has 6 nitrogen and oxygen atoms in total. The summed E-state index contributed by atoms with van der Waals surface area (Å²) in [6.07, 6.45) is 0. The minimum Gasteiger partial charge on any atom is -0.494 e. The molecule has 2 aromatic carbocycles. The van der Waals surface area contributed by atoms with E-state index in [9.17, 15) is 9.59 Å². The van der Waals surface area contributed by atoms with Crippen molar-refractivity contribution in [3.63, 3.8) is 0 Å². The van der Waals surface area contributed by atoms with Gasteiger partial charge in [0, 0.05) is 5.56 Å². The number of nitrogens with zero attached hydrogens (tertiary/aromatic N) is 1. The molecule has 0 saturated carbocycles. The predicted molar refractivity (Wildman–Crippen MR) is 100 cm³/mol. The van der Waals surface area contributed by atoms with Crippen molar-refractivity contribution in [2.75, 3.05) is 6.61 Å². The molecule has 2 aromatic rings. The van der Waals surface area contributed by atoms with Crippen LogP contribution in [0.25, 0.3) is 0 Å². The maximum atomic E-state index is 12.5. The Balaban J connectivity index is 2.05. The topological polar surface area (TPSA) is 88.4 Å². The average Bonchev–Trinajstić information content (AvgIpc) is 2.67. The van der Waals surface area contributed by atoms with Crippen LogP contribution in [-0.4, -0.2) is 24.5 Å². The first-order valence-corrected chi connectivity index (χ1v) is 8.70. The zero-order valence-electron chi connectivity index (χ0n) is 15.6. The Morgan fingerprint density at radius 2 is 1.63 bits per heavy atom. The van der Waals surface area contributed by atoms with Crippen LogP contribution >= 0.6 is 0 Å². The summed E-state index contributed by atoms with van der Waals surface area (Å²) in [7, 11) is 0. The number of hydrogen-bond acceptors (Lipinski definition) is 5. The molecule has 0 heterocycles. The van der Waals surface area contributed by atoms with Gasteiger partial charge in [-0.3, -0.25) is 4.79 Å². The Bertz CT molecular complexity index is 821. The molecule has 2 rings (SSSR count). The van der Waals surface area contributed by atoms with Gasteiger partial charge in [0.1, 0.15) is 17.5 Å². The second-order valence-electron chi connectivity index (χ2n) is 6.21. The normalized spacial score (nSPS) is 11.4. The fourth-order valence-corrected chi connectivity index (χ4v) is 2.37. The highest BCUT2D eigenvalue weighted by Gasteiger charge is 2.26. The van der Waals surface area contributed by atoms with Gasteiger partial charge in [-0.1, -0.05) is 13.8 Å². The van der Waals surface area contributed by atoms with Crippen molar-refractivity contribution >= 4 is 11.9 Å². The summed E-state index contributed by atoms with van der Waals surface area (Å²) in [4.78, 5) is 25.0. The highest BCUT2D eigenvalue weighted by atomic mass is 16.5. The van der Waals surface area contributed by atoms with Gasteiger partial charge >= 0.3 is 5.97 Å². The number of hydrogen-bond donors (Lipinski definition) is 1. The molecular weight excluding hydrogens is 344 g/mol. The molecule has 6 heteroatoms. The average molecular weight is 366 g/mol. The minimum absolute atomic E-state index is 0.164. The quantitative estimate of drug-likeness (QED) is 0.600. The van der Waals surface area contributed by atoms with Gasteiger partial charge in [0.15, 0.2) is 0 Å². The maximum absolute atomic E-state index is 12.5. The van der Waals surface area contributed by atoms with Gasteiger partial charge in [-0.15, -0.1) is 0 Å². The number of carbonyl (C=O) groups is 2. The van der Waals surface area contributed by atoms with Crippen LogP contribution in [0.1, 0.15) is 36.7 Å². The highest BCUT2D eigenvalue weighted by molar-refractivity contribution is 5.97. The summed E-state index contributed by atoms with van der Waals surface area (Å²) >= 11 is 0. The summed E-state index contributed by atoms with van der Waals surface area (Å²) in [5, 5.41) is 11.5. The van der Waals surface area contributed by atoms with Crippen molar-refractivity contribution in [1.29, 1.82) is 5.26 Å². The standard InChI is InChI=1S/C21H22N2O4/c1-4-26-17-11-7-16(8-12-17)20(24)23-19(14(2)3)21(25)27-18-9-5-15(13-22)6-10-18/h5-12,14,19H,4H2,1-3H3,(H,23,24)/t19-/m0/s1. The van der Waals surface area contributed by atoms with Crippen molar-refractivity contribution in [1.82, 2.24) is 5.32 Å². The Kier molecular flexibility index (Phi) is 6.95. The number of carbonyl (C=O) groups excluding carboxylic acids is 2. The molecule has 0 fully saturated rings. The predicted octanol–water partition coefficient (Wildman–Crippen LogP) is 3.32. The monoisotopic (exact) mass is 366 g/mol. The van der Waals surface area contributed by atoms with E-state index in [1.807, 2.05) is 26.8 Å². The third-order valence-electron chi connectivity index (χ3n) is 3.84. The van der Waals surface area contributed by atoms with E-state index in [4.69, 9.17) is 14.7 Å². The third-order valence-corrected chi connectivity index (χ3v) is 3.84. The number of esters is 1. The Morgan fingerprint density at radius 1 is 1.04 bits per heavy atom. The number of rotatable bonds is 7. The molecule has 140 valence electrons. The summed E-state index contributed by atoms with van der Waals surface area (Å²) < 4.78 is 10.7. The maximum Gasteiger partial charge on any atom is 0.334 e. The van der Waals surface area contributed by atoms with Crippen LogP contribution in [0.5, 0.6) is 11.5 Å². The lowest BCUT2D eigenvalue weighted by molar-refractivity contribution is -0.137. The summed E-state index contributed by atoms with van der Waals surface area (Å²) in [5.74, 6) is -0.0975. The zero-order chi connectivity index (χ0) is 19.8. The van der Waals surface area contributed by atoms with Crippen LogP contribution in [-0.2, 0) is 4.79 Å². The molecule has 0 radical (unpaired) electrons. The van der Waals surface area contributed by atoms with E-state index < -0.39 is 12.0 Å². The first-order chi connectivity index (χ1) is 12.9. The van der Waals surface area contributed by atoms with Crippen molar-refractivity contribution in [2.45, 2.75) is 26.8 Å². The zero-order valence-corrected chi connectivity index (χ0v) is 15.6. The van der Waals surface area contributed by atoms with E-state index in [2.05, 4.69) is 5.32 Å². The Morgan fingerprint density at radius 3 is 2.15 bits per heavy atom. The number of nitriles is 1. The van der Waals surface area contributed by atoms with Crippen LogP contribution in [0.2, 0.25) is 0 Å². The lowest BCUT2D eigenvalue weighted by Crippen LogP contribution is -2.46. The molecular formula is C21H22N2O4. The van der Waals surface area contributed by atoms with Crippen LogP contribution < -0.4 is 14.8 Å². The van der Waals surface area contributed by atoms with Gasteiger partial charge in [-0.2, -0.15) is 5.26 Å². The van der Waals surface area contributed by atoms with E-state index in [0.717, 1.165) is 0 Å². The lowest BCUT2D eigenvalue weighted by Gasteiger charge is -2.21. The lowest BCUT2D eigenvalue weighted by atomic mass is 10.0. The van der Waals surface area contributed by atoms with Crippen LogP contribution in [0, 0.1) is 17.2 Å². The highest BCUT2D eigenvalue weighted by Crippen LogP contribution is 2.16. The van der Waals surface area contributed by atoms with Gasteiger partial charge < -0.3 is 14.8 Å². The van der Waals surface area contributed by atoms with Crippen molar-refractivity contribution < 1.29 is 19.1 Å². The Labute approximate surface area is 158 Å². The second-order valence-corrected chi connectivity index (χ2v) is 6.21. The molecule has 0 bridgehead atoms. The molecule has 0 aliphatic carbocycles. The fraction of sp³-hybridized carbons (Fsp3) is 0.286. The van der Waals surface area contributed by atoms with E-state index in [1.165, 1.54) is 0 Å². The first kappa shape index (κ1) is 20.0. The molecule has 0 unspecified atom stereocenters. The van der Waals surface area contributed by atoms with Crippen molar-refractivity contribution in [3.05, 3.63) is 59.7 Å². The number of ether oxygens (including phenoxy) is 2. The van der Waals surface area contributed by atoms with Crippen LogP contribution in [0.15, 0.2) is 48.5 Å². The molecule has 0 aromatic heterocycles. The molecule has 27 heavy (non-hydrogen) atoms. The summed E-state index contributed by atoms with van der Waals surface area (Å²) in [5.41, 5.74) is 0.897. The second kappa shape index (κ2) is 9.39. The molecule has 1 atom stereocenters. The van der Waals surface area contributed by atoms with Gasteiger partial charge in [-0.25, -0.2) is 4.79 Å². The van der Waals surface area contributed by atoms with Crippen LogP contribution in [0.3, 0.4) is 0 Å². The summed E-state index contributed by atoms with van der Waals surface area (Å²) in [6, 6.07) is 14.1. The van der Waals surface area contributed by atoms with Gasteiger partial charge in [0.25, 0.3) is 5.91 Å². The van der Waals surface area contributed by atoms with Crippen molar-refractivity contribution in [3.8, 4) is 17.6 Å². The Hall–Kier alpha value is -3.33. The molecule has 0 saturated heterocycles. The van der Waals surface area contributed by atoms with E-state index in [1.54, 1.807) is 48.5 Å². The van der Waals surface area contributed by atoms with Gasteiger partial charge in [0.05, 0.1) is 18.2 Å². The third kappa shape index (κ3) is 5.58. The molecule has 0 aliphatic rings. The molecule has 0 aliphatic heterocycles. The largest absolute Gasteiger partial charge is 0.494 e. The smallest absolute Gasteiger partial charge is 0.334 e. The summed E-state index contributed by atoms with van der Waals surface area (Å²) in [6.45, 7) is 6.07. The van der Waals surface area contributed by atoms with E-state index >= 15 is 0 Å². The number of nitrogens with one attached hydrogen (secondary N) is 1. The van der Waals surface area contributed by atoms with Crippen molar-refractivity contribution in [2.24, 2.45) is 5.92 Å². The van der Waals surface area contributed by atoms with Gasteiger partial charge in [0.2, 0.25) is 0 Å². The number of benzene rings is 2. The van der Waals surface area contributed by atoms with E-state index in [-0.39, 0.29) is 11.8 Å². The van der Waals surface area contributed by atoms with E-state index in [0.29, 0.717) is 29.2 Å². The molecule has 1 N–H and O–H groups in total. The molecule has 1 amide bonds. The fourth-order valence-electron chi connectivity index (χ4n) is 2.37. The first-order valence-electron chi connectivity index (χ1n) is 8.70. The van der Waals surface area contributed by atoms with Crippen LogP contribution in [0.4, 0.5) is 0 Å². The molecule has 0 spiro atoms. The number of amides is 1.